The molecule has 1 aromatic heterocycles. The van der Waals surface area contributed by atoms with Crippen molar-refractivity contribution in [3.63, 3.8) is 0 Å². The van der Waals surface area contributed by atoms with Gasteiger partial charge in [-0.25, -0.2) is 0 Å². The number of hydrogen-bond acceptors (Lipinski definition) is 2. The van der Waals surface area contributed by atoms with E-state index in [4.69, 9.17) is 0 Å². The molecule has 0 aliphatic heterocycles. The Labute approximate surface area is 137 Å². The molecule has 0 radical (unpaired) electrons. The summed E-state index contributed by atoms with van der Waals surface area (Å²) in [6, 6.07) is 13.8. The highest BCUT2D eigenvalue weighted by Crippen LogP contribution is 2.34. The highest BCUT2D eigenvalue weighted by atomic mass is 79.9. The number of rotatable bonds is 2. The lowest BCUT2D eigenvalue weighted by atomic mass is 9.97. The fourth-order valence-corrected chi connectivity index (χ4v) is 4.23. The second kappa shape index (κ2) is 5.43. The summed E-state index contributed by atoms with van der Waals surface area (Å²) in [6.45, 7) is 2.06. The van der Waals surface area contributed by atoms with E-state index in [2.05, 4.69) is 44.8 Å². The van der Waals surface area contributed by atoms with Gasteiger partial charge in [0.05, 0.1) is 8.66 Å². The van der Waals surface area contributed by atoms with E-state index in [1.807, 2.05) is 36.4 Å². The second-order valence-electron chi connectivity index (χ2n) is 4.54. The largest absolute Gasteiger partial charge is 0.288 e. The summed E-state index contributed by atoms with van der Waals surface area (Å²) >= 11 is 8.32. The number of halogens is 2. The van der Waals surface area contributed by atoms with Gasteiger partial charge in [-0.2, -0.15) is 0 Å². The van der Waals surface area contributed by atoms with Gasteiger partial charge >= 0.3 is 0 Å². The summed E-state index contributed by atoms with van der Waals surface area (Å²) in [5.41, 5.74) is 1.94. The van der Waals surface area contributed by atoms with Crippen molar-refractivity contribution in [2.24, 2.45) is 0 Å². The molecule has 0 N–H and O–H groups in total. The third-order valence-electron chi connectivity index (χ3n) is 3.26. The number of hydrogen-bond donors (Lipinski definition) is 0. The monoisotopic (exact) mass is 408 g/mol. The molecule has 3 rings (SSSR count). The molecule has 1 heterocycles. The molecule has 0 fully saturated rings. The molecule has 0 saturated carbocycles. The first kappa shape index (κ1) is 14.0. The lowest BCUT2D eigenvalue weighted by Gasteiger charge is -2.07. The van der Waals surface area contributed by atoms with Gasteiger partial charge in [-0.1, -0.05) is 36.4 Å². The smallest absolute Gasteiger partial charge is 0.203 e. The predicted molar refractivity (Wildman–Crippen MR) is 91.8 cm³/mol. The Balaban J connectivity index is 2.20. The molecule has 0 bridgehead atoms. The van der Waals surface area contributed by atoms with Crippen LogP contribution in [0, 0.1) is 6.92 Å². The first-order valence-electron chi connectivity index (χ1n) is 6.06. The van der Waals surface area contributed by atoms with Crippen LogP contribution in [0.1, 0.15) is 20.8 Å². The van der Waals surface area contributed by atoms with Crippen molar-refractivity contribution in [1.82, 2.24) is 0 Å². The Bertz CT molecular complexity index is 801. The molecule has 0 atom stereocenters. The van der Waals surface area contributed by atoms with Gasteiger partial charge in [0.1, 0.15) is 0 Å². The van der Waals surface area contributed by atoms with Crippen LogP contribution in [-0.4, -0.2) is 5.78 Å². The maximum absolute atomic E-state index is 12.7. The van der Waals surface area contributed by atoms with E-state index >= 15 is 0 Å². The van der Waals surface area contributed by atoms with E-state index < -0.39 is 0 Å². The van der Waals surface area contributed by atoms with Crippen LogP contribution < -0.4 is 0 Å². The minimum Gasteiger partial charge on any atom is -0.288 e. The molecule has 0 aliphatic rings. The summed E-state index contributed by atoms with van der Waals surface area (Å²) in [4.78, 5) is 13.4. The molecule has 0 saturated heterocycles. The molecule has 0 aliphatic carbocycles. The van der Waals surface area contributed by atoms with Crippen LogP contribution in [0.2, 0.25) is 0 Å². The minimum absolute atomic E-state index is 0.0672. The number of aryl methyl sites for hydroxylation is 1. The topological polar surface area (TPSA) is 17.1 Å². The fourth-order valence-electron chi connectivity index (χ4n) is 2.24. The average Bonchev–Trinajstić information content (AvgIpc) is 2.79. The van der Waals surface area contributed by atoms with Gasteiger partial charge in [-0.05, 0) is 61.2 Å². The standard InChI is InChI=1S/C16H10Br2OS/c1-9-6-7-12(11-5-3-2-4-10(9)11)15(19)14-8-13(17)16(18)20-14/h2-8H,1H3. The summed E-state index contributed by atoms with van der Waals surface area (Å²) in [6.07, 6.45) is 0. The van der Waals surface area contributed by atoms with Gasteiger partial charge in [-0.3, -0.25) is 4.79 Å². The summed E-state index contributed by atoms with van der Waals surface area (Å²) in [5.74, 6) is 0.0672. The Morgan fingerprint density at radius 2 is 1.75 bits per heavy atom. The molecule has 2 aromatic carbocycles. The van der Waals surface area contributed by atoms with Crippen molar-refractivity contribution in [1.29, 1.82) is 0 Å². The quantitative estimate of drug-likeness (QED) is 0.476. The van der Waals surface area contributed by atoms with Gasteiger partial charge in [0.25, 0.3) is 0 Å². The van der Waals surface area contributed by atoms with Crippen molar-refractivity contribution >= 4 is 59.8 Å². The first-order valence-corrected chi connectivity index (χ1v) is 8.46. The maximum atomic E-state index is 12.7. The molecule has 0 unspecified atom stereocenters. The minimum atomic E-state index is 0.0672. The van der Waals surface area contributed by atoms with Crippen LogP contribution in [0.3, 0.4) is 0 Å². The Hall–Kier alpha value is -0.970. The summed E-state index contributed by atoms with van der Waals surface area (Å²) in [7, 11) is 0. The molecule has 0 spiro atoms. The number of carbonyl (C=O) groups is 1. The van der Waals surface area contributed by atoms with Gasteiger partial charge in [0, 0.05) is 10.0 Å². The van der Waals surface area contributed by atoms with Crippen LogP contribution in [0.25, 0.3) is 10.8 Å². The lowest BCUT2D eigenvalue weighted by molar-refractivity contribution is 0.104. The van der Waals surface area contributed by atoms with E-state index in [1.54, 1.807) is 0 Å². The van der Waals surface area contributed by atoms with Crippen LogP contribution in [0.15, 0.2) is 50.7 Å². The molecule has 0 amide bonds. The highest BCUT2D eigenvalue weighted by molar-refractivity contribution is 9.13. The van der Waals surface area contributed by atoms with E-state index in [9.17, 15) is 4.79 Å². The number of thiophene rings is 1. The SMILES string of the molecule is Cc1ccc(C(=O)c2cc(Br)c(Br)s2)c2ccccc12. The molecular weight excluding hydrogens is 400 g/mol. The maximum Gasteiger partial charge on any atom is 0.203 e. The van der Waals surface area contributed by atoms with Crippen LogP contribution in [-0.2, 0) is 0 Å². The first-order chi connectivity index (χ1) is 9.58. The predicted octanol–water partition coefficient (Wildman–Crippen LogP) is 5.97. The summed E-state index contributed by atoms with van der Waals surface area (Å²) in [5, 5.41) is 2.14. The van der Waals surface area contributed by atoms with Gasteiger partial charge in [-0.15, -0.1) is 11.3 Å². The number of fused-ring (bicyclic) bond motifs is 1. The normalized spacial score (nSPS) is 10.9. The van der Waals surface area contributed by atoms with Crippen molar-refractivity contribution in [3.05, 3.63) is 66.7 Å². The highest BCUT2D eigenvalue weighted by Gasteiger charge is 2.16. The Morgan fingerprint density at radius 3 is 2.40 bits per heavy atom. The fraction of sp³-hybridized carbons (Fsp3) is 0.0625. The molecule has 3 aromatic rings. The van der Waals surface area contributed by atoms with E-state index in [1.165, 1.54) is 16.9 Å². The number of ketones is 1. The van der Waals surface area contributed by atoms with Crippen LogP contribution in [0.5, 0.6) is 0 Å². The van der Waals surface area contributed by atoms with Crippen LogP contribution in [0.4, 0.5) is 0 Å². The molecular formula is C16H10Br2OS. The Kier molecular flexibility index (Phi) is 3.80. The van der Waals surface area contributed by atoms with E-state index in [0.29, 0.717) is 0 Å². The van der Waals surface area contributed by atoms with Gasteiger partial charge < -0.3 is 0 Å². The van der Waals surface area contributed by atoms with Crippen molar-refractivity contribution < 1.29 is 4.79 Å². The number of carbonyl (C=O) groups excluding carboxylic acids is 1. The molecule has 100 valence electrons. The summed E-state index contributed by atoms with van der Waals surface area (Å²) < 4.78 is 1.86. The van der Waals surface area contributed by atoms with Crippen molar-refractivity contribution in [2.75, 3.05) is 0 Å². The molecule has 1 nitrogen and oxygen atoms in total. The van der Waals surface area contributed by atoms with Gasteiger partial charge in [0.15, 0.2) is 0 Å². The van der Waals surface area contributed by atoms with Gasteiger partial charge in [0.2, 0.25) is 5.78 Å². The molecule has 4 heteroatoms. The van der Waals surface area contributed by atoms with E-state index in [0.717, 1.165) is 29.5 Å². The lowest BCUT2D eigenvalue weighted by Crippen LogP contribution is -2.00. The van der Waals surface area contributed by atoms with Crippen molar-refractivity contribution in [2.45, 2.75) is 6.92 Å². The van der Waals surface area contributed by atoms with E-state index in [-0.39, 0.29) is 5.78 Å². The number of benzene rings is 2. The Morgan fingerprint density at radius 1 is 1.05 bits per heavy atom. The molecule has 20 heavy (non-hydrogen) atoms. The average molecular weight is 410 g/mol. The van der Waals surface area contributed by atoms with Crippen molar-refractivity contribution in [3.8, 4) is 0 Å². The third kappa shape index (κ3) is 2.36. The third-order valence-corrected chi connectivity index (χ3v) is 6.51. The zero-order valence-corrected chi connectivity index (χ0v) is 14.6. The zero-order valence-electron chi connectivity index (χ0n) is 10.6. The zero-order chi connectivity index (χ0) is 14.3. The second-order valence-corrected chi connectivity index (χ2v) is 7.76. The van der Waals surface area contributed by atoms with Crippen LogP contribution >= 0.6 is 43.2 Å².